The van der Waals surface area contributed by atoms with Crippen LogP contribution in [0.4, 0.5) is 11.4 Å². The molecule has 150 valence electrons. The number of aromatic hydroxyl groups is 1. The van der Waals surface area contributed by atoms with Gasteiger partial charge in [0, 0.05) is 11.3 Å². The van der Waals surface area contributed by atoms with Gasteiger partial charge in [0.1, 0.15) is 5.75 Å². The maximum Gasteiger partial charge on any atom is 0.124 e. The molecule has 3 N–H and O–H groups in total. The molecule has 0 atom stereocenters. The molecule has 0 fully saturated rings. The van der Waals surface area contributed by atoms with Gasteiger partial charge in [-0.1, -0.05) is 57.2 Å². The van der Waals surface area contributed by atoms with Crippen molar-refractivity contribution >= 4 is 17.1 Å². The molecule has 3 nitrogen and oxygen atoms in total. The van der Waals surface area contributed by atoms with E-state index < -0.39 is 0 Å². The summed E-state index contributed by atoms with van der Waals surface area (Å²) in [5, 5.41) is 10.2. The van der Waals surface area contributed by atoms with E-state index in [0.717, 1.165) is 48.3 Å². The van der Waals surface area contributed by atoms with Crippen LogP contribution in [0.25, 0.3) is 0 Å². The van der Waals surface area contributed by atoms with Gasteiger partial charge in [0.05, 0.1) is 11.4 Å². The Morgan fingerprint density at radius 2 is 1.52 bits per heavy atom. The number of nitrogen functional groups attached to an aromatic ring is 1. The van der Waals surface area contributed by atoms with Crippen molar-refractivity contribution in [1.82, 2.24) is 0 Å². The molecule has 0 radical (unpaired) electrons. The number of phenols is 1. The van der Waals surface area contributed by atoms with Crippen molar-refractivity contribution in [2.75, 3.05) is 5.73 Å². The molecule has 0 amide bonds. The zero-order chi connectivity index (χ0) is 20.8. The van der Waals surface area contributed by atoms with Gasteiger partial charge in [0.15, 0.2) is 0 Å². The largest absolute Gasteiger partial charge is 0.507 e. The first-order valence-corrected chi connectivity index (χ1v) is 10.4. The van der Waals surface area contributed by atoms with Gasteiger partial charge in [-0.3, -0.25) is 4.99 Å². The number of aliphatic imine (C=N–C) groups is 1. The SMILES string of the molecule is CCC(=Nc1ccc(Cc2ccc(N)c(CC)c2)cc1CC)c1ccccc1O. The maximum absolute atomic E-state index is 10.2. The molecule has 0 unspecified atom stereocenters. The second-order valence-corrected chi connectivity index (χ2v) is 7.31. The van der Waals surface area contributed by atoms with Crippen LogP contribution in [-0.2, 0) is 19.3 Å². The fourth-order valence-corrected chi connectivity index (χ4v) is 3.64. The van der Waals surface area contributed by atoms with E-state index in [9.17, 15) is 5.11 Å². The number of rotatable bonds is 7. The van der Waals surface area contributed by atoms with Gasteiger partial charge in [-0.15, -0.1) is 0 Å². The molecular formula is C26H30N2O. The van der Waals surface area contributed by atoms with Crippen LogP contribution in [0.5, 0.6) is 5.75 Å². The number of hydrogen-bond donors (Lipinski definition) is 2. The van der Waals surface area contributed by atoms with Crippen molar-refractivity contribution in [3.8, 4) is 5.75 Å². The predicted molar refractivity (Wildman–Crippen MR) is 123 cm³/mol. The molecule has 0 saturated carbocycles. The van der Waals surface area contributed by atoms with E-state index in [1.165, 1.54) is 22.3 Å². The summed E-state index contributed by atoms with van der Waals surface area (Å²) in [5.41, 5.74) is 14.6. The van der Waals surface area contributed by atoms with Crippen LogP contribution in [0.3, 0.4) is 0 Å². The molecule has 3 aromatic carbocycles. The van der Waals surface area contributed by atoms with E-state index >= 15 is 0 Å². The number of phenolic OH excluding ortho intramolecular Hbond substituents is 1. The summed E-state index contributed by atoms with van der Waals surface area (Å²) in [4.78, 5) is 4.91. The summed E-state index contributed by atoms with van der Waals surface area (Å²) in [6, 6.07) is 20.2. The lowest BCUT2D eigenvalue weighted by Crippen LogP contribution is -2.00. The molecule has 0 aliphatic heterocycles. The van der Waals surface area contributed by atoms with E-state index in [1.54, 1.807) is 6.07 Å². The molecule has 3 rings (SSSR count). The summed E-state index contributed by atoms with van der Waals surface area (Å²) in [7, 11) is 0. The predicted octanol–water partition coefficient (Wildman–Crippen LogP) is 6.22. The zero-order valence-corrected chi connectivity index (χ0v) is 17.6. The quantitative estimate of drug-likeness (QED) is 0.374. The number of para-hydroxylation sites is 1. The Bertz CT molecular complexity index is 1020. The Balaban J connectivity index is 1.92. The molecule has 29 heavy (non-hydrogen) atoms. The van der Waals surface area contributed by atoms with Gasteiger partial charge < -0.3 is 10.8 Å². The summed E-state index contributed by atoms with van der Waals surface area (Å²) >= 11 is 0. The smallest absolute Gasteiger partial charge is 0.124 e. The minimum absolute atomic E-state index is 0.276. The van der Waals surface area contributed by atoms with Crippen molar-refractivity contribution in [2.24, 2.45) is 4.99 Å². The average molecular weight is 387 g/mol. The lowest BCUT2D eigenvalue weighted by Gasteiger charge is -2.12. The zero-order valence-electron chi connectivity index (χ0n) is 17.6. The van der Waals surface area contributed by atoms with Gasteiger partial charge in [0.2, 0.25) is 0 Å². The summed E-state index contributed by atoms with van der Waals surface area (Å²) in [5.74, 6) is 0.276. The molecular weight excluding hydrogens is 356 g/mol. The van der Waals surface area contributed by atoms with Crippen LogP contribution in [0.1, 0.15) is 55.0 Å². The molecule has 0 aromatic heterocycles. The minimum Gasteiger partial charge on any atom is -0.507 e. The summed E-state index contributed by atoms with van der Waals surface area (Å²) < 4.78 is 0. The van der Waals surface area contributed by atoms with E-state index in [-0.39, 0.29) is 5.75 Å². The fourth-order valence-electron chi connectivity index (χ4n) is 3.64. The van der Waals surface area contributed by atoms with Crippen LogP contribution in [0.2, 0.25) is 0 Å². The maximum atomic E-state index is 10.2. The molecule has 0 saturated heterocycles. The molecule has 0 bridgehead atoms. The average Bonchev–Trinajstić information content (AvgIpc) is 2.74. The molecule has 0 heterocycles. The van der Waals surface area contributed by atoms with Crippen LogP contribution < -0.4 is 5.73 Å². The summed E-state index contributed by atoms with van der Waals surface area (Å²) in [6.07, 6.45) is 3.49. The fraction of sp³-hybridized carbons (Fsp3) is 0.269. The van der Waals surface area contributed by atoms with E-state index in [4.69, 9.17) is 10.7 Å². The molecule has 3 aromatic rings. The molecule has 0 aliphatic carbocycles. The van der Waals surface area contributed by atoms with Crippen LogP contribution >= 0.6 is 0 Å². The first-order valence-electron chi connectivity index (χ1n) is 10.4. The Morgan fingerprint density at radius 3 is 2.17 bits per heavy atom. The monoisotopic (exact) mass is 386 g/mol. The number of aryl methyl sites for hydroxylation is 2. The Morgan fingerprint density at radius 1 is 0.862 bits per heavy atom. The van der Waals surface area contributed by atoms with Crippen LogP contribution in [0.15, 0.2) is 65.7 Å². The van der Waals surface area contributed by atoms with E-state index in [1.807, 2.05) is 24.3 Å². The van der Waals surface area contributed by atoms with Crippen molar-refractivity contribution in [3.63, 3.8) is 0 Å². The second kappa shape index (κ2) is 9.42. The van der Waals surface area contributed by atoms with Crippen molar-refractivity contribution in [2.45, 2.75) is 46.5 Å². The third kappa shape index (κ3) is 4.86. The van der Waals surface area contributed by atoms with Crippen molar-refractivity contribution < 1.29 is 5.11 Å². The highest BCUT2D eigenvalue weighted by atomic mass is 16.3. The highest BCUT2D eigenvalue weighted by Crippen LogP contribution is 2.27. The number of benzene rings is 3. The van der Waals surface area contributed by atoms with Gasteiger partial charge in [0.25, 0.3) is 0 Å². The minimum atomic E-state index is 0.276. The second-order valence-electron chi connectivity index (χ2n) is 7.31. The summed E-state index contributed by atoms with van der Waals surface area (Å²) in [6.45, 7) is 6.35. The van der Waals surface area contributed by atoms with Crippen LogP contribution in [0, 0.1) is 0 Å². The first-order chi connectivity index (χ1) is 14.0. The standard InChI is InChI=1S/C26H30N2O/c1-4-20-16-18(11-13-23(20)27)15-19-12-14-25(21(5-2)17-19)28-24(6-3)22-9-7-8-10-26(22)29/h7-14,16-17,29H,4-6,15,27H2,1-3H3. The Labute approximate surface area is 173 Å². The highest BCUT2D eigenvalue weighted by Gasteiger charge is 2.09. The third-order valence-electron chi connectivity index (χ3n) is 5.33. The molecule has 0 aliphatic rings. The van der Waals surface area contributed by atoms with Gasteiger partial charge in [-0.2, -0.15) is 0 Å². The first kappa shape index (κ1) is 20.7. The van der Waals surface area contributed by atoms with E-state index in [2.05, 4.69) is 51.1 Å². The highest BCUT2D eigenvalue weighted by molar-refractivity contribution is 6.04. The van der Waals surface area contributed by atoms with Crippen molar-refractivity contribution in [1.29, 1.82) is 0 Å². The number of nitrogens with two attached hydrogens (primary N) is 1. The van der Waals surface area contributed by atoms with Crippen molar-refractivity contribution in [3.05, 3.63) is 88.5 Å². The van der Waals surface area contributed by atoms with E-state index in [0.29, 0.717) is 0 Å². The van der Waals surface area contributed by atoms with Gasteiger partial charge in [-0.25, -0.2) is 0 Å². The normalized spacial score (nSPS) is 11.6. The topological polar surface area (TPSA) is 58.6 Å². The van der Waals surface area contributed by atoms with Crippen LogP contribution in [-0.4, -0.2) is 10.8 Å². The number of hydrogen-bond acceptors (Lipinski definition) is 3. The Hall–Kier alpha value is -3.07. The molecule has 3 heteroatoms. The van der Waals surface area contributed by atoms with Gasteiger partial charge >= 0.3 is 0 Å². The number of nitrogens with zero attached hydrogens (tertiary/aromatic N) is 1. The number of anilines is 1. The lowest BCUT2D eigenvalue weighted by molar-refractivity contribution is 0.474. The molecule has 0 spiro atoms. The third-order valence-corrected chi connectivity index (χ3v) is 5.33. The van der Waals surface area contributed by atoms with Gasteiger partial charge in [-0.05, 0) is 72.2 Å². The lowest BCUT2D eigenvalue weighted by atomic mass is 9.98. The Kier molecular flexibility index (Phi) is 6.71.